The van der Waals surface area contributed by atoms with Crippen molar-refractivity contribution in [3.8, 4) is 0 Å². The Balaban J connectivity index is 2.95. The van der Waals surface area contributed by atoms with Crippen molar-refractivity contribution in [2.45, 2.75) is 32.7 Å². The maximum atomic E-state index is 10.3. The smallest absolute Gasteiger partial charge is 0.228 e. The van der Waals surface area contributed by atoms with E-state index in [0.29, 0.717) is 0 Å². The summed E-state index contributed by atoms with van der Waals surface area (Å²) in [5.74, 6) is 0. The number of nitrogens with zero attached hydrogens (tertiary/aromatic N) is 1. The van der Waals surface area contributed by atoms with Gasteiger partial charge in [-0.25, -0.2) is 0 Å². The van der Waals surface area contributed by atoms with Crippen LogP contribution in [-0.2, 0) is 12.0 Å². The second-order valence-electron chi connectivity index (χ2n) is 4.44. The molecule has 0 unspecified atom stereocenters. The molecule has 0 spiro atoms. The molecule has 0 N–H and O–H groups in total. The Morgan fingerprint density at radius 3 is 2.50 bits per heavy atom. The van der Waals surface area contributed by atoms with Gasteiger partial charge in [0.2, 0.25) is 6.54 Å². The van der Waals surface area contributed by atoms with Crippen LogP contribution in [0.3, 0.4) is 0 Å². The fraction of sp³-hybridized carbons (Fsp3) is 0.455. The van der Waals surface area contributed by atoms with Crippen molar-refractivity contribution < 1.29 is 4.92 Å². The molecule has 0 amide bonds. The highest BCUT2D eigenvalue weighted by Gasteiger charge is 2.14. The van der Waals surface area contributed by atoms with Gasteiger partial charge in [-0.3, -0.25) is 10.1 Å². The number of hydrogen-bond acceptors (Lipinski definition) is 2. The number of benzene rings is 1. The van der Waals surface area contributed by atoms with Crippen molar-refractivity contribution in [1.29, 1.82) is 0 Å². The molecule has 0 fully saturated rings. The zero-order chi connectivity index (χ0) is 10.8. The van der Waals surface area contributed by atoms with Crippen LogP contribution in [-0.4, -0.2) is 4.92 Å². The summed E-state index contributed by atoms with van der Waals surface area (Å²) in [5.41, 5.74) is 1.95. The lowest BCUT2D eigenvalue weighted by atomic mass is 9.86. The molecule has 0 radical (unpaired) electrons. The van der Waals surface area contributed by atoms with Crippen LogP contribution in [0.4, 0.5) is 0 Å². The number of rotatable bonds is 2. The van der Waals surface area contributed by atoms with Gasteiger partial charge >= 0.3 is 0 Å². The Morgan fingerprint density at radius 1 is 1.36 bits per heavy atom. The normalized spacial score (nSPS) is 11.4. The second-order valence-corrected chi connectivity index (χ2v) is 4.44. The lowest BCUT2D eigenvalue weighted by molar-refractivity contribution is -0.496. The van der Waals surface area contributed by atoms with E-state index in [-0.39, 0.29) is 16.9 Å². The van der Waals surface area contributed by atoms with Gasteiger partial charge in [-0.15, -0.1) is 0 Å². The first kappa shape index (κ1) is 10.7. The van der Waals surface area contributed by atoms with Gasteiger partial charge in [0, 0.05) is 10.5 Å². The third-order valence-corrected chi connectivity index (χ3v) is 2.10. The van der Waals surface area contributed by atoms with E-state index in [2.05, 4.69) is 20.8 Å². The molecule has 0 aliphatic carbocycles. The van der Waals surface area contributed by atoms with Gasteiger partial charge in [-0.2, -0.15) is 0 Å². The van der Waals surface area contributed by atoms with Gasteiger partial charge in [-0.1, -0.05) is 39.0 Å². The van der Waals surface area contributed by atoms with Gasteiger partial charge in [-0.05, 0) is 17.0 Å². The minimum Gasteiger partial charge on any atom is -0.264 e. The molecule has 0 aromatic heterocycles. The van der Waals surface area contributed by atoms with Crippen LogP contribution in [0.15, 0.2) is 24.3 Å². The van der Waals surface area contributed by atoms with Crippen LogP contribution in [0.1, 0.15) is 31.9 Å². The minimum absolute atomic E-state index is 0.0482. The molecule has 3 heteroatoms. The Bertz CT molecular complexity index is 339. The van der Waals surface area contributed by atoms with Crippen LogP contribution in [0, 0.1) is 10.1 Å². The van der Waals surface area contributed by atoms with Crippen molar-refractivity contribution >= 4 is 0 Å². The first-order valence-corrected chi connectivity index (χ1v) is 4.61. The average molecular weight is 193 g/mol. The van der Waals surface area contributed by atoms with Crippen molar-refractivity contribution in [3.63, 3.8) is 0 Å². The van der Waals surface area contributed by atoms with Crippen LogP contribution < -0.4 is 0 Å². The Kier molecular flexibility index (Phi) is 2.89. The summed E-state index contributed by atoms with van der Waals surface area (Å²) in [5, 5.41) is 10.3. The summed E-state index contributed by atoms with van der Waals surface area (Å²) < 4.78 is 0. The third kappa shape index (κ3) is 2.83. The molecule has 0 aliphatic heterocycles. The molecule has 1 aromatic carbocycles. The van der Waals surface area contributed by atoms with Crippen LogP contribution >= 0.6 is 0 Å². The van der Waals surface area contributed by atoms with E-state index < -0.39 is 0 Å². The van der Waals surface area contributed by atoms with Crippen molar-refractivity contribution in [2.24, 2.45) is 0 Å². The van der Waals surface area contributed by atoms with Crippen molar-refractivity contribution in [1.82, 2.24) is 0 Å². The molecule has 0 saturated heterocycles. The van der Waals surface area contributed by atoms with Crippen LogP contribution in [0.5, 0.6) is 0 Å². The molecule has 0 saturated carbocycles. The molecule has 14 heavy (non-hydrogen) atoms. The lowest BCUT2D eigenvalue weighted by Gasteiger charge is -2.19. The van der Waals surface area contributed by atoms with Crippen LogP contribution in [0.2, 0.25) is 0 Å². The summed E-state index contributed by atoms with van der Waals surface area (Å²) >= 11 is 0. The Morgan fingerprint density at radius 2 is 2.00 bits per heavy atom. The van der Waals surface area contributed by atoms with E-state index in [0.717, 1.165) is 11.1 Å². The Hall–Kier alpha value is -1.38. The number of hydrogen-bond donors (Lipinski definition) is 0. The largest absolute Gasteiger partial charge is 0.264 e. The van der Waals surface area contributed by atoms with Gasteiger partial charge in [0.05, 0.1) is 0 Å². The molecule has 0 aliphatic rings. The van der Waals surface area contributed by atoms with E-state index >= 15 is 0 Å². The standard InChI is InChI=1S/C11H15NO2/c1-11(2,3)10-6-4-5-9(7-10)8-12(13)14/h4-7H,8H2,1-3H3. The Labute approximate surface area is 83.9 Å². The van der Waals surface area contributed by atoms with E-state index in [1.165, 1.54) is 0 Å². The molecule has 3 nitrogen and oxygen atoms in total. The molecule has 1 rings (SSSR count). The van der Waals surface area contributed by atoms with Gasteiger partial charge in [0.25, 0.3) is 0 Å². The van der Waals surface area contributed by atoms with Crippen molar-refractivity contribution in [2.75, 3.05) is 0 Å². The maximum Gasteiger partial charge on any atom is 0.228 e. The number of nitro groups is 1. The molecule has 76 valence electrons. The zero-order valence-corrected chi connectivity index (χ0v) is 8.78. The molecule has 0 atom stereocenters. The second kappa shape index (κ2) is 3.78. The quantitative estimate of drug-likeness (QED) is 0.535. The highest BCUT2D eigenvalue weighted by molar-refractivity contribution is 5.28. The molecule has 1 aromatic rings. The predicted octanol–water partition coefficient (Wildman–Crippen LogP) is 2.76. The van der Waals surface area contributed by atoms with Crippen molar-refractivity contribution in [3.05, 3.63) is 45.5 Å². The monoisotopic (exact) mass is 193 g/mol. The zero-order valence-electron chi connectivity index (χ0n) is 8.78. The highest BCUT2D eigenvalue weighted by atomic mass is 16.6. The van der Waals surface area contributed by atoms with E-state index in [9.17, 15) is 10.1 Å². The van der Waals surface area contributed by atoms with Gasteiger partial charge in [0.15, 0.2) is 0 Å². The summed E-state index contributed by atoms with van der Waals surface area (Å²) in [6.07, 6.45) is 0. The summed E-state index contributed by atoms with van der Waals surface area (Å²) in [4.78, 5) is 10.0. The van der Waals surface area contributed by atoms with E-state index in [1.54, 1.807) is 6.07 Å². The molecular weight excluding hydrogens is 178 g/mol. The van der Waals surface area contributed by atoms with E-state index in [4.69, 9.17) is 0 Å². The lowest BCUT2D eigenvalue weighted by Crippen LogP contribution is -2.11. The SMILES string of the molecule is CC(C)(C)c1cccc(C[N+](=O)[O-])c1. The fourth-order valence-electron chi connectivity index (χ4n) is 1.29. The summed E-state index contributed by atoms with van der Waals surface area (Å²) in [7, 11) is 0. The first-order chi connectivity index (χ1) is 6.39. The molecule has 0 bridgehead atoms. The maximum absolute atomic E-state index is 10.3. The summed E-state index contributed by atoms with van der Waals surface area (Å²) in [6.45, 7) is 6.19. The third-order valence-electron chi connectivity index (χ3n) is 2.10. The van der Waals surface area contributed by atoms with Crippen LogP contribution in [0.25, 0.3) is 0 Å². The van der Waals surface area contributed by atoms with E-state index in [1.807, 2.05) is 18.2 Å². The summed E-state index contributed by atoms with van der Waals surface area (Å²) in [6, 6.07) is 7.57. The first-order valence-electron chi connectivity index (χ1n) is 4.61. The highest BCUT2D eigenvalue weighted by Crippen LogP contribution is 2.22. The van der Waals surface area contributed by atoms with Gasteiger partial charge < -0.3 is 0 Å². The minimum atomic E-state index is -0.304. The average Bonchev–Trinajstić information content (AvgIpc) is 2.01. The van der Waals surface area contributed by atoms with Gasteiger partial charge in [0.1, 0.15) is 0 Å². The predicted molar refractivity (Wildman–Crippen MR) is 55.8 cm³/mol. The molecule has 0 heterocycles. The topological polar surface area (TPSA) is 43.1 Å². The molecular formula is C11H15NO2. The fourth-order valence-corrected chi connectivity index (χ4v) is 1.29.